The minimum atomic E-state index is -0.349. The highest BCUT2D eigenvalue weighted by atomic mass is 32.2. The van der Waals surface area contributed by atoms with Crippen molar-refractivity contribution in [2.24, 2.45) is 21.1 Å². The van der Waals surface area contributed by atoms with Crippen molar-refractivity contribution in [3.05, 3.63) is 20.8 Å². The minimum Gasteiger partial charge on any atom is -0.309 e. The smallest absolute Gasteiger partial charge is 0.309 e. The van der Waals surface area contributed by atoms with Crippen LogP contribution in [0, 0.1) is 0 Å². The Bertz CT molecular complexity index is 756. The zero-order valence-electron chi connectivity index (χ0n) is 12.4. The third-order valence-corrected chi connectivity index (χ3v) is 4.20. The van der Waals surface area contributed by atoms with Crippen LogP contribution in [-0.2, 0) is 21.1 Å². The Hall–Kier alpha value is -1.54. The van der Waals surface area contributed by atoms with Crippen molar-refractivity contribution in [3.8, 4) is 0 Å². The van der Waals surface area contributed by atoms with Crippen molar-refractivity contribution in [1.82, 2.24) is 23.6 Å². The molecule has 20 heavy (non-hydrogen) atoms. The van der Waals surface area contributed by atoms with Gasteiger partial charge in [-0.15, -0.1) is 0 Å². The van der Waals surface area contributed by atoms with Crippen molar-refractivity contribution in [2.75, 3.05) is 26.4 Å². The summed E-state index contributed by atoms with van der Waals surface area (Å²) in [5.74, 6) is 0.873. The predicted octanol–water partition coefficient (Wildman–Crippen LogP) is -0.376. The van der Waals surface area contributed by atoms with Crippen LogP contribution in [-0.4, -0.2) is 50.0 Å². The number of hydrogen-bond donors (Lipinski definition) is 0. The maximum atomic E-state index is 12.1. The first-order chi connectivity index (χ1) is 9.34. The lowest BCUT2D eigenvalue weighted by atomic mass is 10.5. The summed E-state index contributed by atoms with van der Waals surface area (Å²) in [5, 5.41) is 0.750. The Morgan fingerprint density at radius 3 is 2.35 bits per heavy atom. The van der Waals surface area contributed by atoms with Gasteiger partial charge in [-0.3, -0.25) is 13.9 Å². The van der Waals surface area contributed by atoms with Gasteiger partial charge in [-0.25, -0.2) is 9.78 Å². The van der Waals surface area contributed by atoms with Gasteiger partial charge in [0.05, 0.1) is 0 Å². The van der Waals surface area contributed by atoms with E-state index in [9.17, 15) is 9.59 Å². The van der Waals surface area contributed by atoms with Crippen LogP contribution in [0.3, 0.4) is 0 Å². The molecule has 0 saturated heterocycles. The molecule has 0 atom stereocenters. The van der Waals surface area contributed by atoms with Gasteiger partial charge < -0.3 is 9.47 Å². The molecule has 0 fully saturated rings. The number of aryl methyl sites for hydroxylation is 2. The van der Waals surface area contributed by atoms with E-state index in [1.807, 2.05) is 21.1 Å². The summed E-state index contributed by atoms with van der Waals surface area (Å²) in [5.41, 5.74) is 0.211. The van der Waals surface area contributed by atoms with Crippen LogP contribution in [0.4, 0.5) is 0 Å². The Balaban J connectivity index is 2.53. The lowest BCUT2D eigenvalue weighted by Crippen LogP contribution is -2.37. The second-order valence-electron chi connectivity index (χ2n) is 4.98. The van der Waals surface area contributed by atoms with Gasteiger partial charge in [0, 0.05) is 33.4 Å². The summed E-state index contributed by atoms with van der Waals surface area (Å²) < 4.78 is 4.35. The monoisotopic (exact) mass is 297 g/mol. The maximum Gasteiger partial charge on any atom is 0.332 e. The predicted molar refractivity (Wildman–Crippen MR) is 80.5 cm³/mol. The molecular formula is C12H19N5O2S. The van der Waals surface area contributed by atoms with Gasteiger partial charge in [0.25, 0.3) is 5.56 Å². The molecule has 0 aliphatic carbocycles. The van der Waals surface area contributed by atoms with Gasteiger partial charge in [0.2, 0.25) is 0 Å². The average molecular weight is 297 g/mol. The van der Waals surface area contributed by atoms with Gasteiger partial charge in [-0.1, -0.05) is 11.8 Å². The van der Waals surface area contributed by atoms with E-state index in [1.54, 1.807) is 23.4 Å². The molecule has 2 rings (SSSR count). The molecule has 0 radical (unpaired) electrons. The van der Waals surface area contributed by atoms with Crippen LogP contribution in [0.1, 0.15) is 0 Å². The van der Waals surface area contributed by atoms with Crippen LogP contribution in [0.25, 0.3) is 11.2 Å². The van der Waals surface area contributed by atoms with E-state index in [-0.39, 0.29) is 11.2 Å². The third-order valence-electron chi connectivity index (χ3n) is 3.19. The molecule has 7 nitrogen and oxygen atoms in total. The fourth-order valence-electron chi connectivity index (χ4n) is 2.01. The van der Waals surface area contributed by atoms with E-state index in [0.29, 0.717) is 11.2 Å². The normalized spacial score (nSPS) is 11.7. The molecule has 0 N–H and O–H groups in total. The molecule has 0 unspecified atom stereocenters. The summed E-state index contributed by atoms with van der Waals surface area (Å²) in [6, 6.07) is 0. The van der Waals surface area contributed by atoms with Crippen molar-refractivity contribution in [1.29, 1.82) is 0 Å². The van der Waals surface area contributed by atoms with Crippen molar-refractivity contribution in [3.63, 3.8) is 0 Å². The highest BCUT2D eigenvalue weighted by Gasteiger charge is 2.16. The SMILES string of the molecule is CN(C)CCSc1nc2c(=O)n(C)c(=O)n(C)c2n1C. The summed E-state index contributed by atoms with van der Waals surface area (Å²) >= 11 is 1.58. The van der Waals surface area contributed by atoms with E-state index in [1.165, 1.54) is 11.6 Å². The van der Waals surface area contributed by atoms with Crippen molar-refractivity contribution < 1.29 is 0 Å². The van der Waals surface area contributed by atoms with Gasteiger partial charge in [0.1, 0.15) is 0 Å². The van der Waals surface area contributed by atoms with Crippen LogP contribution >= 0.6 is 11.8 Å². The number of thioether (sulfide) groups is 1. The molecule has 2 aromatic heterocycles. The quantitative estimate of drug-likeness (QED) is 0.720. The number of aromatic nitrogens is 4. The van der Waals surface area contributed by atoms with Gasteiger partial charge >= 0.3 is 5.69 Å². The molecule has 2 heterocycles. The van der Waals surface area contributed by atoms with Crippen LogP contribution in [0.5, 0.6) is 0 Å². The number of fused-ring (bicyclic) bond motifs is 1. The Labute approximate surface area is 120 Å². The van der Waals surface area contributed by atoms with E-state index >= 15 is 0 Å². The summed E-state index contributed by atoms with van der Waals surface area (Å²) in [4.78, 5) is 30.5. The first kappa shape index (κ1) is 14.9. The van der Waals surface area contributed by atoms with Crippen LogP contribution in [0.15, 0.2) is 14.7 Å². The largest absolute Gasteiger partial charge is 0.332 e. The van der Waals surface area contributed by atoms with E-state index in [4.69, 9.17) is 0 Å². The van der Waals surface area contributed by atoms with E-state index < -0.39 is 0 Å². The van der Waals surface area contributed by atoms with Gasteiger partial charge in [0.15, 0.2) is 16.3 Å². The minimum absolute atomic E-state index is 0.337. The summed E-state index contributed by atoms with van der Waals surface area (Å²) in [6.07, 6.45) is 0. The summed E-state index contributed by atoms with van der Waals surface area (Å²) in [7, 11) is 8.97. The Kier molecular flexibility index (Phi) is 4.05. The molecule has 0 amide bonds. The fourth-order valence-corrected chi connectivity index (χ4v) is 3.08. The topological polar surface area (TPSA) is 65.1 Å². The second kappa shape index (κ2) is 5.45. The Morgan fingerprint density at radius 2 is 1.75 bits per heavy atom. The van der Waals surface area contributed by atoms with Crippen molar-refractivity contribution in [2.45, 2.75) is 5.16 Å². The molecule has 0 saturated carbocycles. The fraction of sp³-hybridized carbons (Fsp3) is 0.583. The standard InChI is InChI=1S/C12H19N5O2S/c1-14(2)6-7-20-11-13-8-9(15(11)3)16(4)12(19)17(5)10(8)18/h6-7H2,1-5H3. The highest BCUT2D eigenvalue weighted by molar-refractivity contribution is 7.99. The zero-order valence-corrected chi connectivity index (χ0v) is 13.2. The molecular weight excluding hydrogens is 278 g/mol. The lowest BCUT2D eigenvalue weighted by Gasteiger charge is -2.08. The lowest BCUT2D eigenvalue weighted by molar-refractivity contribution is 0.437. The van der Waals surface area contributed by atoms with Crippen LogP contribution in [0.2, 0.25) is 0 Å². The zero-order chi connectivity index (χ0) is 15.0. The van der Waals surface area contributed by atoms with E-state index in [2.05, 4.69) is 9.88 Å². The molecule has 0 aliphatic rings. The van der Waals surface area contributed by atoms with Gasteiger partial charge in [-0.2, -0.15) is 0 Å². The molecule has 0 bridgehead atoms. The number of rotatable bonds is 4. The molecule has 0 spiro atoms. The molecule has 110 valence electrons. The molecule has 0 aliphatic heterocycles. The van der Waals surface area contributed by atoms with E-state index in [0.717, 1.165) is 22.0 Å². The summed E-state index contributed by atoms with van der Waals surface area (Å²) in [6.45, 7) is 0.921. The number of nitrogens with zero attached hydrogens (tertiary/aromatic N) is 5. The molecule has 8 heteroatoms. The van der Waals surface area contributed by atoms with Crippen molar-refractivity contribution >= 4 is 22.9 Å². The highest BCUT2D eigenvalue weighted by Crippen LogP contribution is 2.19. The van der Waals surface area contributed by atoms with Crippen LogP contribution < -0.4 is 11.2 Å². The first-order valence-corrected chi connectivity index (χ1v) is 7.23. The third kappa shape index (κ3) is 2.40. The number of hydrogen-bond acceptors (Lipinski definition) is 5. The first-order valence-electron chi connectivity index (χ1n) is 6.24. The van der Waals surface area contributed by atoms with Gasteiger partial charge in [-0.05, 0) is 14.1 Å². The molecule has 0 aromatic carbocycles. The molecule has 2 aromatic rings. The maximum absolute atomic E-state index is 12.1. The average Bonchev–Trinajstić information content (AvgIpc) is 2.71. The Morgan fingerprint density at radius 1 is 1.10 bits per heavy atom. The second-order valence-corrected chi connectivity index (χ2v) is 6.05. The number of imidazole rings is 1.